The maximum absolute atomic E-state index is 14.1. The first-order valence-electron chi connectivity index (χ1n) is 14.3. The van der Waals surface area contributed by atoms with Crippen LogP contribution in [0, 0.1) is 5.92 Å². The Morgan fingerprint density at radius 2 is 1.22 bits per heavy atom. The highest BCUT2D eigenvalue weighted by atomic mass is 32.2. The largest absolute Gasteiger partial charge is 0.426 e. The Bertz CT molecular complexity index is 1940. The molecule has 1 unspecified atom stereocenters. The first-order chi connectivity index (χ1) is 19.9. The van der Waals surface area contributed by atoms with Gasteiger partial charge in [0.15, 0.2) is 0 Å². The van der Waals surface area contributed by atoms with E-state index >= 15 is 0 Å². The molecule has 0 heterocycles. The average Bonchev–Trinajstić information content (AvgIpc) is 2.98. The molecule has 4 aliphatic carbocycles. The lowest BCUT2D eigenvalue weighted by atomic mass is 9.58. The van der Waals surface area contributed by atoms with Gasteiger partial charge in [0.05, 0.1) is 10.8 Å². The number of fused-ring (bicyclic) bond motifs is 4. The van der Waals surface area contributed by atoms with Crippen molar-refractivity contribution in [2.45, 2.75) is 48.8 Å². The number of benzene rings is 5. The SMILES string of the molecule is O=C(Oc1ccc(S(=O)(=O)O)c2c1CCCC2)C1CC2c3cc4ccccc4cc3C1c1cc3ccccc3cc12. The fourth-order valence-corrected chi connectivity index (χ4v) is 8.44. The van der Waals surface area contributed by atoms with Crippen LogP contribution in [0.2, 0.25) is 0 Å². The number of hydrogen-bond donors (Lipinski definition) is 1. The number of rotatable bonds is 3. The van der Waals surface area contributed by atoms with Gasteiger partial charge in [0.2, 0.25) is 0 Å². The van der Waals surface area contributed by atoms with Crippen LogP contribution in [0.15, 0.2) is 89.8 Å². The van der Waals surface area contributed by atoms with E-state index in [0.717, 1.165) is 29.2 Å². The van der Waals surface area contributed by atoms with E-state index < -0.39 is 10.1 Å². The lowest BCUT2D eigenvalue weighted by molar-refractivity contribution is -0.140. The molecule has 0 fully saturated rings. The van der Waals surface area contributed by atoms with Crippen LogP contribution >= 0.6 is 0 Å². The lowest BCUT2D eigenvalue weighted by Crippen LogP contribution is -2.38. The summed E-state index contributed by atoms with van der Waals surface area (Å²) in [6, 6.07) is 28.7. The summed E-state index contributed by atoms with van der Waals surface area (Å²) in [4.78, 5) is 14.0. The molecule has 6 heteroatoms. The van der Waals surface area contributed by atoms with Crippen LogP contribution < -0.4 is 4.74 Å². The molecular weight excluding hydrogens is 532 g/mol. The molecule has 9 rings (SSSR count). The van der Waals surface area contributed by atoms with Gasteiger partial charge in [-0.25, -0.2) is 0 Å². The van der Waals surface area contributed by atoms with Crippen molar-refractivity contribution in [2.24, 2.45) is 5.92 Å². The first kappa shape index (κ1) is 24.8. The zero-order valence-corrected chi connectivity index (χ0v) is 23.2. The zero-order chi connectivity index (χ0) is 27.9. The fraction of sp³-hybridized carbons (Fsp3) is 0.229. The smallest absolute Gasteiger partial charge is 0.315 e. The number of carbonyl (C=O) groups is 1. The summed E-state index contributed by atoms with van der Waals surface area (Å²) >= 11 is 0. The molecule has 1 N–H and O–H groups in total. The Morgan fingerprint density at radius 3 is 1.76 bits per heavy atom. The van der Waals surface area contributed by atoms with Gasteiger partial charge in [-0.3, -0.25) is 9.35 Å². The number of carbonyl (C=O) groups excluding carboxylic acids is 1. The Kier molecular flexibility index (Phi) is 5.44. The monoisotopic (exact) mass is 560 g/mol. The normalized spacial score (nSPS) is 20.9. The Labute approximate surface area is 238 Å². The van der Waals surface area contributed by atoms with Crippen molar-refractivity contribution in [2.75, 3.05) is 0 Å². The molecule has 4 aliphatic rings. The highest BCUT2D eigenvalue weighted by Crippen LogP contribution is 2.57. The van der Waals surface area contributed by atoms with Gasteiger partial charge in [-0.15, -0.1) is 0 Å². The van der Waals surface area contributed by atoms with E-state index in [1.165, 1.54) is 45.2 Å². The Morgan fingerprint density at radius 1 is 0.707 bits per heavy atom. The minimum Gasteiger partial charge on any atom is -0.426 e. The highest BCUT2D eigenvalue weighted by molar-refractivity contribution is 7.85. The Balaban J connectivity index is 1.25. The quantitative estimate of drug-likeness (QED) is 0.142. The third-order valence-corrected chi connectivity index (χ3v) is 10.4. The van der Waals surface area contributed by atoms with E-state index in [-0.39, 0.29) is 28.6 Å². The summed E-state index contributed by atoms with van der Waals surface area (Å²) in [5.74, 6) is -0.309. The van der Waals surface area contributed by atoms with Crippen molar-refractivity contribution in [3.8, 4) is 5.75 Å². The summed E-state index contributed by atoms with van der Waals surface area (Å²) in [5, 5.41) is 4.71. The second kappa shape index (κ2) is 9.00. The standard InChI is InChI=1S/C35H28O5S/c36-35(40-32-13-14-33(41(37,38)39)25-12-6-5-11-24(25)32)31-19-28-26-15-20-7-1-3-9-22(20)17-29(26)34(31)30-18-23-10-4-2-8-21(23)16-27(28)30/h1-4,7-10,13-18,28,31,34H,5-6,11-12,19H2,(H,37,38,39). The van der Waals surface area contributed by atoms with Crippen LogP contribution in [-0.4, -0.2) is 18.9 Å². The van der Waals surface area contributed by atoms with Gasteiger partial charge in [-0.1, -0.05) is 72.8 Å². The van der Waals surface area contributed by atoms with Crippen LogP contribution in [0.1, 0.15) is 64.5 Å². The molecular formula is C35H28O5S. The molecule has 0 saturated carbocycles. The number of hydrogen-bond acceptors (Lipinski definition) is 4. The fourth-order valence-electron chi connectivity index (χ4n) is 7.66. The summed E-state index contributed by atoms with van der Waals surface area (Å²) < 4.78 is 40.0. The molecule has 5 nitrogen and oxygen atoms in total. The third-order valence-electron chi connectivity index (χ3n) is 9.46. The van der Waals surface area contributed by atoms with E-state index in [4.69, 9.17) is 4.74 Å². The van der Waals surface area contributed by atoms with E-state index in [1.807, 2.05) is 12.1 Å². The molecule has 5 aromatic carbocycles. The maximum atomic E-state index is 14.1. The zero-order valence-electron chi connectivity index (χ0n) is 22.3. The van der Waals surface area contributed by atoms with Crippen molar-refractivity contribution in [3.05, 3.63) is 118 Å². The van der Waals surface area contributed by atoms with Crippen molar-refractivity contribution < 1.29 is 22.5 Å². The summed E-state index contributed by atoms with van der Waals surface area (Å²) in [5.41, 5.74) is 6.24. The highest BCUT2D eigenvalue weighted by Gasteiger charge is 2.47. The van der Waals surface area contributed by atoms with E-state index in [9.17, 15) is 17.8 Å². The van der Waals surface area contributed by atoms with Crippen LogP contribution in [0.4, 0.5) is 0 Å². The topological polar surface area (TPSA) is 80.7 Å². The van der Waals surface area contributed by atoms with Gasteiger partial charge < -0.3 is 4.74 Å². The molecule has 0 amide bonds. The van der Waals surface area contributed by atoms with Crippen molar-refractivity contribution >= 4 is 37.6 Å². The van der Waals surface area contributed by atoms with Crippen LogP contribution in [0.3, 0.4) is 0 Å². The van der Waals surface area contributed by atoms with E-state index in [2.05, 4.69) is 60.7 Å². The lowest BCUT2D eigenvalue weighted by Gasteiger charge is -2.45. The molecule has 2 bridgehead atoms. The predicted molar refractivity (Wildman–Crippen MR) is 158 cm³/mol. The number of esters is 1. The Hall–Kier alpha value is -4.00. The summed E-state index contributed by atoms with van der Waals surface area (Å²) in [6.07, 6.45) is 3.51. The van der Waals surface area contributed by atoms with Crippen molar-refractivity contribution in [1.82, 2.24) is 0 Å². The second-order valence-corrected chi connectivity index (χ2v) is 13.0. The van der Waals surface area contributed by atoms with E-state index in [1.54, 1.807) is 0 Å². The van der Waals surface area contributed by atoms with E-state index in [0.29, 0.717) is 30.6 Å². The molecule has 0 spiro atoms. The van der Waals surface area contributed by atoms with Gasteiger partial charge in [-0.05, 0) is 99.2 Å². The predicted octanol–water partition coefficient (Wildman–Crippen LogP) is 7.32. The molecule has 5 aromatic rings. The molecule has 1 atom stereocenters. The molecule has 0 radical (unpaired) electrons. The van der Waals surface area contributed by atoms with Gasteiger partial charge in [0, 0.05) is 11.8 Å². The summed E-state index contributed by atoms with van der Waals surface area (Å²) in [6.45, 7) is 0. The van der Waals surface area contributed by atoms with Gasteiger partial charge in [-0.2, -0.15) is 8.42 Å². The third kappa shape index (κ3) is 3.85. The van der Waals surface area contributed by atoms with Crippen LogP contribution in [-0.2, 0) is 27.8 Å². The first-order valence-corrected chi connectivity index (χ1v) is 15.7. The molecule has 0 aromatic heterocycles. The molecule has 0 saturated heterocycles. The van der Waals surface area contributed by atoms with Crippen LogP contribution in [0.5, 0.6) is 5.75 Å². The van der Waals surface area contributed by atoms with Gasteiger partial charge in [0.25, 0.3) is 10.1 Å². The molecule has 41 heavy (non-hydrogen) atoms. The van der Waals surface area contributed by atoms with Crippen molar-refractivity contribution in [3.63, 3.8) is 0 Å². The second-order valence-electron chi connectivity index (χ2n) is 11.7. The molecule has 0 aliphatic heterocycles. The minimum atomic E-state index is -4.36. The minimum absolute atomic E-state index is 0.0765. The van der Waals surface area contributed by atoms with Crippen LogP contribution in [0.25, 0.3) is 21.5 Å². The van der Waals surface area contributed by atoms with Crippen molar-refractivity contribution in [1.29, 1.82) is 0 Å². The van der Waals surface area contributed by atoms with Gasteiger partial charge in [0.1, 0.15) is 5.75 Å². The average molecular weight is 561 g/mol. The van der Waals surface area contributed by atoms with Gasteiger partial charge >= 0.3 is 5.97 Å². The molecule has 204 valence electrons. The maximum Gasteiger partial charge on any atom is 0.315 e. The number of ether oxygens (including phenoxy) is 1. The summed E-state index contributed by atoms with van der Waals surface area (Å²) in [7, 11) is -4.36.